The number of piperidine rings is 1. The molecule has 1 aliphatic rings. The van der Waals surface area contributed by atoms with Gasteiger partial charge in [-0.2, -0.15) is 0 Å². The van der Waals surface area contributed by atoms with Crippen molar-refractivity contribution in [3.05, 3.63) is 30.1 Å². The molecule has 0 N–H and O–H groups in total. The Labute approximate surface area is 112 Å². The second kappa shape index (κ2) is 6.90. The predicted octanol–water partition coefficient (Wildman–Crippen LogP) is 2.83. The van der Waals surface area contributed by atoms with Crippen molar-refractivity contribution in [2.24, 2.45) is 5.92 Å². The fourth-order valence-corrected chi connectivity index (χ4v) is 3.11. The third-order valence-corrected chi connectivity index (χ3v) is 4.36. The Balaban J connectivity index is 1.70. The highest BCUT2D eigenvalue weighted by molar-refractivity contribution is 7.99. The quantitative estimate of drug-likeness (QED) is 0.604. The first-order chi connectivity index (χ1) is 8.79. The Kier molecular flexibility index (Phi) is 5.20. The molecule has 0 atom stereocenters. The average molecular weight is 267 g/mol. The normalized spacial score (nSPS) is 17.8. The molecule has 0 amide bonds. The molecule has 0 radical (unpaired) electrons. The zero-order valence-corrected chi connectivity index (χ0v) is 11.2. The van der Waals surface area contributed by atoms with Gasteiger partial charge in [0.2, 0.25) is 0 Å². The van der Waals surface area contributed by atoms with Crippen LogP contribution in [0.25, 0.3) is 0 Å². The molecule has 1 heterocycles. The van der Waals surface area contributed by atoms with Gasteiger partial charge in [0.25, 0.3) is 0 Å². The summed E-state index contributed by atoms with van der Waals surface area (Å²) in [6.45, 7) is 2.94. The second-order valence-corrected chi connectivity index (χ2v) is 5.73. The number of halogens is 1. The molecule has 0 aliphatic carbocycles. The van der Waals surface area contributed by atoms with Crippen molar-refractivity contribution in [2.45, 2.75) is 17.7 Å². The molecule has 18 heavy (non-hydrogen) atoms. The van der Waals surface area contributed by atoms with Crippen LogP contribution in [0.2, 0.25) is 0 Å². The Morgan fingerprint density at radius 1 is 1.33 bits per heavy atom. The number of likely N-dealkylation sites (tertiary alicyclic amines) is 1. The Hall–Kier alpha value is -0.870. The van der Waals surface area contributed by atoms with Crippen molar-refractivity contribution in [3.63, 3.8) is 0 Å². The topological polar surface area (TPSA) is 20.3 Å². The van der Waals surface area contributed by atoms with Crippen molar-refractivity contribution in [2.75, 3.05) is 25.4 Å². The molecule has 0 spiro atoms. The van der Waals surface area contributed by atoms with Gasteiger partial charge in [0.15, 0.2) is 0 Å². The van der Waals surface area contributed by atoms with E-state index in [0.717, 1.165) is 49.4 Å². The molecule has 1 aromatic rings. The predicted molar refractivity (Wildman–Crippen MR) is 72.4 cm³/mol. The van der Waals surface area contributed by atoms with E-state index < -0.39 is 0 Å². The highest BCUT2D eigenvalue weighted by Crippen LogP contribution is 2.22. The third-order valence-electron chi connectivity index (χ3n) is 3.33. The minimum atomic E-state index is -0.137. The molecular weight excluding hydrogens is 249 g/mol. The van der Waals surface area contributed by atoms with Crippen molar-refractivity contribution < 1.29 is 9.18 Å². The van der Waals surface area contributed by atoms with E-state index in [0.29, 0.717) is 0 Å². The molecule has 0 bridgehead atoms. The van der Waals surface area contributed by atoms with Crippen LogP contribution in [0.15, 0.2) is 29.2 Å². The van der Waals surface area contributed by atoms with Crippen molar-refractivity contribution in [3.8, 4) is 0 Å². The first kappa shape index (κ1) is 13.6. The highest BCUT2D eigenvalue weighted by Gasteiger charge is 2.17. The van der Waals surface area contributed by atoms with E-state index >= 15 is 0 Å². The van der Waals surface area contributed by atoms with Gasteiger partial charge >= 0.3 is 0 Å². The van der Waals surface area contributed by atoms with E-state index in [-0.39, 0.29) is 11.7 Å². The fraction of sp³-hybridized carbons (Fsp3) is 0.500. The summed E-state index contributed by atoms with van der Waals surface area (Å²) in [5.74, 6) is 1.01. The SMILES string of the molecule is O=CC1CCN(CCSc2ccccc2F)CC1. The minimum absolute atomic E-state index is 0.137. The molecule has 1 fully saturated rings. The maximum atomic E-state index is 13.4. The monoisotopic (exact) mass is 267 g/mol. The lowest BCUT2D eigenvalue weighted by molar-refractivity contribution is -0.112. The summed E-state index contributed by atoms with van der Waals surface area (Å²) in [6.07, 6.45) is 3.01. The Bertz CT molecular complexity index is 391. The number of hydrogen-bond donors (Lipinski definition) is 0. The summed E-state index contributed by atoms with van der Waals surface area (Å²) >= 11 is 1.56. The Morgan fingerprint density at radius 3 is 2.72 bits per heavy atom. The third kappa shape index (κ3) is 3.82. The van der Waals surface area contributed by atoms with Crippen LogP contribution in [0.1, 0.15) is 12.8 Å². The molecule has 0 aromatic heterocycles. The van der Waals surface area contributed by atoms with Crippen LogP contribution in [0.5, 0.6) is 0 Å². The van der Waals surface area contributed by atoms with E-state index in [1.54, 1.807) is 17.8 Å². The molecule has 98 valence electrons. The molecule has 1 aromatic carbocycles. The standard InChI is InChI=1S/C14H18FNOS/c15-13-3-1-2-4-14(13)18-10-9-16-7-5-12(11-17)6-8-16/h1-4,11-12H,5-10H2. The van der Waals surface area contributed by atoms with Gasteiger partial charge in [-0.25, -0.2) is 4.39 Å². The molecule has 2 rings (SSSR count). The van der Waals surface area contributed by atoms with Crippen molar-refractivity contribution in [1.29, 1.82) is 0 Å². The smallest absolute Gasteiger partial charge is 0.136 e. The summed E-state index contributed by atoms with van der Waals surface area (Å²) in [5, 5.41) is 0. The molecule has 0 unspecified atom stereocenters. The summed E-state index contributed by atoms with van der Waals surface area (Å²) in [4.78, 5) is 13.7. The van der Waals surface area contributed by atoms with Gasteiger partial charge in [-0.3, -0.25) is 0 Å². The van der Waals surface area contributed by atoms with E-state index in [2.05, 4.69) is 4.90 Å². The number of thioether (sulfide) groups is 1. The van der Waals surface area contributed by atoms with Crippen LogP contribution in [-0.4, -0.2) is 36.6 Å². The van der Waals surface area contributed by atoms with Gasteiger partial charge in [-0.1, -0.05) is 12.1 Å². The summed E-state index contributed by atoms with van der Waals surface area (Å²) in [6, 6.07) is 6.89. The maximum absolute atomic E-state index is 13.4. The molecule has 1 aliphatic heterocycles. The van der Waals surface area contributed by atoms with E-state index in [4.69, 9.17) is 0 Å². The van der Waals surface area contributed by atoms with Gasteiger partial charge in [0.05, 0.1) is 0 Å². The number of hydrogen-bond acceptors (Lipinski definition) is 3. The highest BCUT2D eigenvalue weighted by atomic mass is 32.2. The average Bonchev–Trinajstić information content (AvgIpc) is 2.42. The lowest BCUT2D eigenvalue weighted by Gasteiger charge is -2.29. The van der Waals surface area contributed by atoms with Crippen LogP contribution < -0.4 is 0 Å². The van der Waals surface area contributed by atoms with E-state index in [1.165, 1.54) is 6.07 Å². The lowest BCUT2D eigenvalue weighted by Crippen LogP contribution is -2.35. The van der Waals surface area contributed by atoms with Crippen LogP contribution in [0.4, 0.5) is 4.39 Å². The van der Waals surface area contributed by atoms with E-state index in [9.17, 15) is 9.18 Å². The van der Waals surface area contributed by atoms with Crippen LogP contribution in [-0.2, 0) is 4.79 Å². The van der Waals surface area contributed by atoms with Gasteiger partial charge in [-0.05, 0) is 38.1 Å². The second-order valence-electron chi connectivity index (χ2n) is 4.59. The number of nitrogens with zero attached hydrogens (tertiary/aromatic N) is 1. The van der Waals surface area contributed by atoms with Crippen LogP contribution >= 0.6 is 11.8 Å². The van der Waals surface area contributed by atoms with Gasteiger partial charge in [0, 0.05) is 23.1 Å². The number of rotatable bonds is 5. The Morgan fingerprint density at radius 2 is 2.06 bits per heavy atom. The van der Waals surface area contributed by atoms with Gasteiger partial charge in [-0.15, -0.1) is 11.8 Å². The number of benzene rings is 1. The fourth-order valence-electron chi connectivity index (χ4n) is 2.16. The van der Waals surface area contributed by atoms with Crippen molar-refractivity contribution >= 4 is 18.0 Å². The number of aldehydes is 1. The zero-order valence-electron chi connectivity index (χ0n) is 10.3. The van der Waals surface area contributed by atoms with Gasteiger partial charge in [0.1, 0.15) is 12.1 Å². The molecule has 0 saturated carbocycles. The minimum Gasteiger partial charge on any atom is -0.303 e. The van der Waals surface area contributed by atoms with E-state index in [1.807, 2.05) is 12.1 Å². The molecule has 4 heteroatoms. The maximum Gasteiger partial charge on any atom is 0.136 e. The first-order valence-corrected chi connectivity index (χ1v) is 7.33. The number of carbonyl (C=O) groups excluding carboxylic acids is 1. The summed E-state index contributed by atoms with van der Waals surface area (Å²) in [5.41, 5.74) is 0. The van der Waals surface area contributed by atoms with Crippen LogP contribution in [0, 0.1) is 11.7 Å². The van der Waals surface area contributed by atoms with Crippen molar-refractivity contribution in [1.82, 2.24) is 4.90 Å². The summed E-state index contributed by atoms with van der Waals surface area (Å²) in [7, 11) is 0. The molecule has 2 nitrogen and oxygen atoms in total. The lowest BCUT2D eigenvalue weighted by atomic mass is 9.99. The molecular formula is C14H18FNOS. The van der Waals surface area contributed by atoms with Crippen LogP contribution in [0.3, 0.4) is 0 Å². The largest absolute Gasteiger partial charge is 0.303 e. The zero-order chi connectivity index (χ0) is 12.8. The number of carbonyl (C=O) groups is 1. The summed E-state index contributed by atoms with van der Waals surface area (Å²) < 4.78 is 13.4. The van der Waals surface area contributed by atoms with Gasteiger partial charge < -0.3 is 9.69 Å². The molecule has 1 saturated heterocycles. The first-order valence-electron chi connectivity index (χ1n) is 6.34.